The summed E-state index contributed by atoms with van der Waals surface area (Å²) in [5, 5.41) is 3.38. The number of amides is 3. The lowest BCUT2D eigenvalue weighted by Gasteiger charge is -2.35. The molecule has 0 aromatic carbocycles. The number of rotatable bonds is 4. The molecular formula is C13H26N4O2. The van der Waals surface area contributed by atoms with Crippen molar-refractivity contribution in [3.8, 4) is 0 Å². The third kappa shape index (κ3) is 4.38. The minimum atomic E-state index is -0.531. The van der Waals surface area contributed by atoms with E-state index in [1.807, 2.05) is 18.7 Å². The summed E-state index contributed by atoms with van der Waals surface area (Å²) in [6, 6.07) is 0.417. The normalized spacial score (nSPS) is 17.4. The maximum absolute atomic E-state index is 11.8. The van der Waals surface area contributed by atoms with Crippen LogP contribution in [0.3, 0.4) is 0 Å². The molecule has 1 heterocycles. The van der Waals surface area contributed by atoms with Gasteiger partial charge in [-0.3, -0.25) is 4.79 Å². The van der Waals surface area contributed by atoms with Gasteiger partial charge in [-0.05, 0) is 26.7 Å². The zero-order chi connectivity index (χ0) is 14.6. The number of nitrogens with two attached hydrogens (primary N) is 1. The van der Waals surface area contributed by atoms with Crippen LogP contribution in [0.4, 0.5) is 4.79 Å². The highest BCUT2D eigenvalue weighted by Gasteiger charge is 2.28. The second-order valence-electron chi connectivity index (χ2n) is 6.07. The number of carbonyl (C=O) groups excluding carboxylic acids is 2. The number of primary amides is 1. The molecule has 1 saturated heterocycles. The van der Waals surface area contributed by atoms with Crippen molar-refractivity contribution in [1.82, 2.24) is 15.1 Å². The maximum atomic E-state index is 11.8. The molecule has 0 radical (unpaired) electrons. The smallest absolute Gasteiger partial charge is 0.319 e. The predicted molar refractivity (Wildman–Crippen MR) is 74.7 cm³/mol. The van der Waals surface area contributed by atoms with Gasteiger partial charge in [0.25, 0.3) is 0 Å². The number of urea groups is 1. The second kappa shape index (κ2) is 6.23. The standard InChI is InChI=1S/C13H26N4O2/c1-13(2,11(14)18)9-15-10-5-7-17(8-6-10)12(19)16(3)4/h10,15H,5-9H2,1-4H3,(H2,14,18). The Morgan fingerprint density at radius 2 is 1.84 bits per heavy atom. The van der Waals surface area contributed by atoms with Crippen LogP contribution in [0.25, 0.3) is 0 Å². The van der Waals surface area contributed by atoms with Crippen LogP contribution in [0, 0.1) is 5.41 Å². The van der Waals surface area contributed by atoms with E-state index in [9.17, 15) is 9.59 Å². The van der Waals surface area contributed by atoms with Crippen molar-refractivity contribution in [3.05, 3.63) is 0 Å². The molecule has 1 fully saturated rings. The fourth-order valence-electron chi connectivity index (χ4n) is 2.04. The molecule has 3 amide bonds. The van der Waals surface area contributed by atoms with Gasteiger partial charge < -0.3 is 20.9 Å². The molecule has 0 aromatic rings. The Balaban J connectivity index is 2.35. The predicted octanol–water partition coefficient (Wildman–Crippen LogP) is 0.234. The molecule has 6 nitrogen and oxygen atoms in total. The number of hydrogen-bond donors (Lipinski definition) is 2. The Morgan fingerprint density at radius 1 is 1.32 bits per heavy atom. The lowest BCUT2D eigenvalue weighted by molar-refractivity contribution is -0.125. The number of carbonyl (C=O) groups is 2. The van der Waals surface area contributed by atoms with Gasteiger partial charge in [0.15, 0.2) is 0 Å². The largest absolute Gasteiger partial charge is 0.369 e. The second-order valence-corrected chi connectivity index (χ2v) is 6.07. The first kappa shape index (κ1) is 15.8. The maximum Gasteiger partial charge on any atom is 0.319 e. The van der Waals surface area contributed by atoms with Gasteiger partial charge >= 0.3 is 6.03 Å². The average Bonchev–Trinajstić information content (AvgIpc) is 2.36. The molecular weight excluding hydrogens is 244 g/mol. The monoisotopic (exact) mass is 270 g/mol. The third-order valence-corrected chi connectivity index (χ3v) is 3.65. The first-order valence-electron chi connectivity index (χ1n) is 6.73. The summed E-state index contributed by atoms with van der Waals surface area (Å²) in [4.78, 5) is 26.5. The number of nitrogens with zero attached hydrogens (tertiary/aromatic N) is 2. The van der Waals surface area contributed by atoms with Crippen molar-refractivity contribution < 1.29 is 9.59 Å². The molecule has 3 N–H and O–H groups in total. The van der Waals surface area contributed by atoms with E-state index in [2.05, 4.69) is 5.32 Å². The first-order valence-corrected chi connectivity index (χ1v) is 6.73. The van der Waals surface area contributed by atoms with E-state index in [1.165, 1.54) is 0 Å². The summed E-state index contributed by atoms with van der Waals surface area (Å²) in [5.74, 6) is -0.291. The number of piperidine rings is 1. The van der Waals surface area contributed by atoms with E-state index in [0.29, 0.717) is 12.6 Å². The van der Waals surface area contributed by atoms with Crippen molar-refractivity contribution in [2.24, 2.45) is 11.1 Å². The van der Waals surface area contributed by atoms with Gasteiger partial charge in [0.05, 0.1) is 5.41 Å². The molecule has 110 valence electrons. The fraction of sp³-hybridized carbons (Fsp3) is 0.846. The molecule has 0 saturated carbocycles. The molecule has 1 aliphatic heterocycles. The van der Waals surface area contributed by atoms with E-state index in [0.717, 1.165) is 25.9 Å². The Hall–Kier alpha value is -1.30. The van der Waals surface area contributed by atoms with E-state index in [-0.39, 0.29) is 11.9 Å². The molecule has 1 rings (SSSR count). The fourth-order valence-corrected chi connectivity index (χ4v) is 2.04. The van der Waals surface area contributed by atoms with Gasteiger partial charge in [0, 0.05) is 39.8 Å². The van der Waals surface area contributed by atoms with E-state index < -0.39 is 5.41 Å². The Bertz CT molecular complexity index is 334. The Kier molecular flexibility index (Phi) is 5.17. The van der Waals surface area contributed by atoms with Crippen LogP contribution in [0.2, 0.25) is 0 Å². The summed E-state index contributed by atoms with van der Waals surface area (Å²) in [6.07, 6.45) is 1.82. The summed E-state index contributed by atoms with van der Waals surface area (Å²) in [5.41, 5.74) is 4.81. The van der Waals surface area contributed by atoms with Gasteiger partial charge in [-0.2, -0.15) is 0 Å². The number of nitrogens with one attached hydrogen (secondary N) is 1. The Labute approximate surface area is 115 Å². The summed E-state index contributed by atoms with van der Waals surface area (Å²) < 4.78 is 0. The number of hydrogen-bond acceptors (Lipinski definition) is 3. The van der Waals surface area contributed by atoms with Crippen molar-refractivity contribution in [1.29, 1.82) is 0 Å². The van der Waals surface area contributed by atoms with Crippen molar-refractivity contribution in [2.75, 3.05) is 33.7 Å². The SMILES string of the molecule is CN(C)C(=O)N1CCC(NCC(C)(C)C(N)=O)CC1. The van der Waals surface area contributed by atoms with Gasteiger partial charge in [-0.25, -0.2) is 4.79 Å². The summed E-state index contributed by atoms with van der Waals surface area (Å²) in [6.45, 7) is 5.77. The lowest BCUT2D eigenvalue weighted by Crippen LogP contribution is -2.50. The van der Waals surface area contributed by atoms with Crippen LogP contribution in [0.5, 0.6) is 0 Å². The highest BCUT2D eigenvalue weighted by atomic mass is 16.2. The quantitative estimate of drug-likeness (QED) is 0.768. The van der Waals surface area contributed by atoms with Gasteiger partial charge in [-0.15, -0.1) is 0 Å². The molecule has 19 heavy (non-hydrogen) atoms. The summed E-state index contributed by atoms with van der Waals surface area (Å²) in [7, 11) is 3.53. The lowest BCUT2D eigenvalue weighted by atomic mass is 9.91. The van der Waals surface area contributed by atoms with Gasteiger partial charge in [0.2, 0.25) is 5.91 Å². The van der Waals surface area contributed by atoms with Crippen LogP contribution >= 0.6 is 0 Å². The zero-order valence-corrected chi connectivity index (χ0v) is 12.4. The minimum absolute atomic E-state index is 0.0657. The highest BCUT2D eigenvalue weighted by molar-refractivity contribution is 5.80. The van der Waals surface area contributed by atoms with Gasteiger partial charge in [-0.1, -0.05) is 0 Å². The van der Waals surface area contributed by atoms with Crippen molar-refractivity contribution >= 4 is 11.9 Å². The van der Waals surface area contributed by atoms with E-state index in [4.69, 9.17) is 5.73 Å². The molecule has 0 bridgehead atoms. The van der Waals surface area contributed by atoms with Crippen LogP contribution in [-0.2, 0) is 4.79 Å². The molecule has 6 heteroatoms. The molecule has 0 unspecified atom stereocenters. The van der Waals surface area contributed by atoms with E-state index in [1.54, 1.807) is 19.0 Å². The molecule has 0 spiro atoms. The van der Waals surface area contributed by atoms with Crippen LogP contribution in [-0.4, -0.2) is 61.5 Å². The van der Waals surface area contributed by atoms with Crippen molar-refractivity contribution in [2.45, 2.75) is 32.7 Å². The molecule has 0 aromatic heterocycles. The average molecular weight is 270 g/mol. The van der Waals surface area contributed by atoms with Gasteiger partial charge in [0.1, 0.15) is 0 Å². The third-order valence-electron chi connectivity index (χ3n) is 3.65. The Morgan fingerprint density at radius 3 is 2.26 bits per heavy atom. The minimum Gasteiger partial charge on any atom is -0.369 e. The van der Waals surface area contributed by atoms with Crippen LogP contribution < -0.4 is 11.1 Å². The van der Waals surface area contributed by atoms with Crippen LogP contribution in [0.1, 0.15) is 26.7 Å². The number of likely N-dealkylation sites (tertiary alicyclic amines) is 1. The first-order chi connectivity index (χ1) is 8.74. The highest BCUT2D eigenvalue weighted by Crippen LogP contribution is 2.16. The van der Waals surface area contributed by atoms with E-state index >= 15 is 0 Å². The topological polar surface area (TPSA) is 78.7 Å². The van der Waals surface area contributed by atoms with Crippen LogP contribution in [0.15, 0.2) is 0 Å². The molecule has 0 atom stereocenters. The molecule has 1 aliphatic rings. The summed E-state index contributed by atoms with van der Waals surface area (Å²) >= 11 is 0. The zero-order valence-electron chi connectivity index (χ0n) is 12.4. The van der Waals surface area contributed by atoms with Crippen molar-refractivity contribution in [3.63, 3.8) is 0 Å². The molecule has 0 aliphatic carbocycles.